The summed E-state index contributed by atoms with van der Waals surface area (Å²) in [5, 5.41) is 3.01. The molecule has 0 unspecified atom stereocenters. The van der Waals surface area contributed by atoms with E-state index in [4.69, 9.17) is 0 Å². The Hall–Kier alpha value is -2.08. The highest BCUT2D eigenvalue weighted by molar-refractivity contribution is 5.89. The third kappa shape index (κ3) is 4.51. The highest BCUT2D eigenvalue weighted by atomic mass is 16.2. The minimum absolute atomic E-state index is 0.0206. The molecule has 0 spiro atoms. The fourth-order valence-corrected chi connectivity index (χ4v) is 3.60. The zero-order valence-electron chi connectivity index (χ0n) is 15.0. The Morgan fingerprint density at radius 3 is 2.52 bits per heavy atom. The maximum Gasteiger partial charge on any atom is 0.225 e. The lowest BCUT2D eigenvalue weighted by Crippen LogP contribution is -2.48. The molecule has 2 saturated heterocycles. The van der Waals surface area contributed by atoms with Gasteiger partial charge in [-0.25, -0.2) is 0 Å². The number of para-hydroxylation sites is 1. The average molecular weight is 344 g/mol. The monoisotopic (exact) mass is 344 g/mol. The predicted molar refractivity (Wildman–Crippen MR) is 98.5 cm³/mol. The summed E-state index contributed by atoms with van der Waals surface area (Å²) < 4.78 is 0. The molecule has 6 heteroatoms. The number of hydrogen-bond donors (Lipinski definition) is 1. The minimum atomic E-state index is -0.178. The van der Waals surface area contributed by atoms with Crippen molar-refractivity contribution < 1.29 is 9.59 Å². The van der Waals surface area contributed by atoms with Gasteiger partial charge in [0.25, 0.3) is 0 Å². The van der Waals surface area contributed by atoms with Crippen LogP contribution in [0.1, 0.15) is 13.3 Å². The smallest absolute Gasteiger partial charge is 0.225 e. The van der Waals surface area contributed by atoms with E-state index in [9.17, 15) is 9.59 Å². The number of hydrogen-bond acceptors (Lipinski definition) is 4. The highest BCUT2D eigenvalue weighted by Gasteiger charge is 2.33. The van der Waals surface area contributed by atoms with E-state index in [0.717, 1.165) is 32.7 Å². The Morgan fingerprint density at radius 1 is 1.16 bits per heavy atom. The summed E-state index contributed by atoms with van der Waals surface area (Å²) in [7, 11) is 0. The summed E-state index contributed by atoms with van der Waals surface area (Å²) in [6.45, 7) is 8.78. The molecule has 6 nitrogen and oxygen atoms in total. The van der Waals surface area contributed by atoms with Crippen molar-refractivity contribution in [3.05, 3.63) is 30.3 Å². The fourth-order valence-electron chi connectivity index (χ4n) is 3.60. The molecule has 2 aliphatic rings. The highest BCUT2D eigenvalue weighted by Crippen LogP contribution is 2.17. The van der Waals surface area contributed by atoms with E-state index in [1.807, 2.05) is 13.0 Å². The van der Waals surface area contributed by atoms with Crippen LogP contribution in [0.3, 0.4) is 0 Å². The van der Waals surface area contributed by atoms with Crippen molar-refractivity contribution in [3.63, 3.8) is 0 Å². The number of carbonyl (C=O) groups excluding carboxylic acids is 2. The number of rotatable bonds is 6. The van der Waals surface area contributed by atoms with Gasteiger partial charge in [-0.2, -0.15) is 0 Å². The first kappa shape index (κ1) is 17.7. The molecule has 25 heavy (non-hydrogen) atoms. The SMILES string of the molecule is CCN1C[C@@H](C(=O)NCCN2CCN(c3ccccc3)CC2)CC1=O. The predicted octanol–water partition coefficient (Wildman–Crippen LogP) is 0.793. The number of nitrogens with zero attached hydrogens (tertiary/aromatic N) is 3. The van der Waals surface area contributed by atoms with Gasteiger partial charge < -0.3 is 15.1 Å². The van der Waals surface area contributed by atoms with Gasteiger partial charge in [0.15, 0.2) is 0 Å². The quantitative estimate of drug-likeness (QED) is 0.829. The molecule has 1 aromatic carbocycles. The number of amides is 2. The molecule has 2 amide bonds. The molecule has 1 aromatic rings. The second kappa shape index (κ2) is 8.34. The molecule has 0 aromatic heterocycles. The number of nitrogens with one attached hydrogen (secondary N) is 1. The van der Waals surface area contributed by atoms with Crippen LogP contribution in [-0.4, -0.2) is 74.0 Å². The molecule has 0 aliphatic carbocycles. The number of piperazine rings is 1. The Balaban J connectivity index is 1.35. The van der Waals surface area contributed by atoms with E-state index >= 15 is 0 Å². The molecule has 0 radical (unpaired) electrons. The summed E-state index contributed by atoms with van der Waals surface area (Å²) in [5.41, 5.74) is 1.28. The van der Waals surface area contributed by atoms with Gasteiger partial charge in [0.2, 0.25) is 11.8 Å². The van der Waals surface area contributed by atoms with Crippen LogP contribution < -0.4 is 10.2 Å². The third-order valence-corrected chi connectivity index (χ3v) is 5.19. The van der Waals surface area contributed by atoms with E-state index in [1.165, 1.54) is 5.69 Å². The lowest BCUT2D eigenvalue weighted by Gasteiger charge is -2.36. The van der Waals surface area contributed by atoms with E-state index in [-0.39, 0.29) is 17.7 Å². The first-order valence-electron chi connectivity index (χ1n) is 9.25. The molecule has 3 rings (SSSR count). The van der Waals surface area contributed by atoms with Crippen molar-refractivity contribution in [1.29, 1.82) is 0 Å². The molecule has 2 aliphatic heterocycles. The number of anilines is 1. The summed E-state index contributed by atoms with van der Waals surface area (Å²) in [5.74, 6) is -0.0608. The standard InChI is InChI=1S/C19H28N4O2/c1-2-22-15-16(14-18(22)24)19(25)20-8-9-21-10-12-23(13-11-21)17-6-4-3-5-7-17/h3-7,16H,2,8-15H2,1H3,(H,20,25)/t16-/m0/s1. The van der Waals surface area contributed by atoms with Gasteiger partial charge in [0, 0.05) is 64.5 Å². The number of likely N-dealkylation sites (tertiary alicyclic amines) is 1. The van der Waals surface area contributed by atoms with E-state index < -0.39 is 0 Å². The van der Waals surface area contributed by atoms with Crippen LogP contribution in [0.2, 0.25) is 0 Å². The molecule has 136 valence electrons. The maximum atomic E-state index is 12.2. The molecule has 2 heterocycles. The summed E-state index contributed by atoms with van der Waals surface area (Å²) in [4.78, 5) is 30.5. The van der Waals surface area contributed by atoms with Crippen LogP contribution in [-0.2, 0) is 9.59 Å². The Labute approximate surface area is 149 Å². The molecule has 0 saturated carbocycles. The topological polar surface area (TPSA) is 55.9 Å². The van der Waals surface area contributed by atoms with Crippen molar-refractivity contribution >= 4 is 17.5 Å². The van der Waals surface area contributed by atoms with Crippen molar-refractivity contribution in [2.75, 3.05) is 57.3 Å². The second-order valence-electron chi connectivity index (χ2n) is 6.79. The molecule has 1 N–H and O–H groups in total. The van der Waals surface area contributed by atoms with E-state index in [2.05, 4.69) is 39.4 Å². The van der Waals surface area contributed by atoms with Gasteiger partial charge >= 0.3 is 0 Å². The Bertz CT molecular complexity index is 584. The lowest BCUT2D eigenvalue weighted by atomic mass is 10.1. The van der Waals surface area contributed by atoms with Gasteiger partial charge in [-0.1, -0.05) is 18.2 Å². The van der Waals surface area contributed by atoms with Crippen molar-refractivity contribution in [3.8, 4) is 0 Å². The van der Waals surface area contributed by atoms with Gasteiger partial charge in [0.1, 0.15) is 0 Å². The molecule has 1 atom stereocenters. The maximum absolute atomic E-state index is 12.2. The number of carbonyl (C=O) groups is 2. The Morgan fingerprint density at radius 2 is 1.88 bits per heavy atom. The fraction of sp³-hybridized carbons (Fsp3) is 0.579. The van der Waals surface area contributed by atoms with Crippen LogP contribution in [0.4, 0.5) is 5.69 Å². The second-order valence-corrected chi connectivity index (χ2v) is 6.79. The summed E-state index contributed by atoms with van der Waals surface area (Å²) in [6, 6.07) is 10.5. The summed E-state index contributed by atoms with van der Waals surface area (Å²) in [6.07, 6.45) is 0.357. The van der Waals surface area contributed by atoms with E-state index in [1.54, 1.807) is 4.90 Å². The third-order valence-electron chi connectivity index (χ3n) is 5.19. The molecule has 2 fully saturated rings. The van der Waals surface area contributed by atoms with Crippen LogP contribution in [0, 0.1) is 5.92 Å². The van der Waals surface area contributed by atoms with Crippen LogP contribution in [0.25, 0.3) is 0 Å². The van der Waals surface area contributed by atoms with Crippen LogP contribution in [0.15, 0.2) is 30.3 Å². The average Bonchev–Trinajstić information content (AvgIpc) is 3.04. The van der Waals surface area contributed by atoms with Crippen LogP contribution >= 0.6 is 0 Å². The van der Waals surface area contributed by atoms with E-state index in [0.29, 0.717) is 26.1 Å². The zero-order valence-corrected chi connectivity index (χ0v) is 15.0. The van der Waals surface area contributed by atoms with Crippen molar-refractivity contribution in [2.45, 2.75) is 13.3 Å². The zero-order chi connectivity index (χ0) is 17.6. The first-order valence-corrected chi connectivity index (χ1v) is 9.25. The van der Waals surface area contributed by atoms with Gasteiger partial charge in [-0.05, 0) is 19.1 Å². The minimum Gasteiger partial charge on any atom is -0.369 e. The largest absolute Gasteiger partial charge is 0.369 e. The Kier molecular flexibility index (Phi) is 5.91. The van der Waals surface area contributed by atoms with Gasteiger partial charge in [-0.15, -0.1) is 0 Å². The molecular formula is C19H28N4O2. The molecule has 0 bridgehead atoms. The van der Waals surface area contributed by atoms with Gasteiger partial charge in [-0.3, -0.25) is 14.5 Å². The number of benzene rings is 1. The summed E-state index contributed by atoms with van der Waals surface area (Å²) >= 11 is 0. The molecular weight excluding hydrogens is 316 g/mol. The van der Waals surface area contributed by atoms with Crippen molar-refractivity contribution in [2.24, 2.45) is 5.92 Å². The van der Waals surface area contributed by atoms with Crippen molar-refractivity contribution in [1.82, 2.24) is 15.1 Å². The normalized spacial score (nSPS) is 21.6. The van der Waals surface area contributed by atoms with Gasteiger partial charge in [0.05, 0.1) is 5.92 Å². The first-order chi connectivity index (χ1) is 12.2. The van der Waals surface area contributed by atoms with Crippen LogP contribution in [0.5, 0.6) is 0 Å². The lowest BCUT2D eigenvalue weighted by molar-refractivity contribution is -0.128.